The fourth-order valence-corrected chi connectivity index (χ4v) is 5.45. The summed E-state index contributed by atoms with van der Waals surface area (Å²) in [6, 6.07) is -0.794. The largest absolute Gasteiger partial charge is 0.394 e. The molecular weight excluding hydrogens is 550 g/mol. The van der Waals surface area contributed by atoms with Crippen LogP contribution in [-0.2, 0) is 14.3 Å². The number of amides is 1. The van der Waals surface area contributed by atoms with Crippen molar-refractivity contribution in [2.75, 3.05) is 13.2 Å². The summed E-state index contributed by atoms with van der Waals surface area (Å²) in [6.07, 6.45) is 18.3. The van der Waals surface area contributed by atoms with Gasteiger partial charge in [0.05, 0.1) is 25.4 Å². The Hall–Kier alpha value is -1.07. The molecular formula is C34H65NO8. The van der Waals surface area contributed by atoms with Gasteiger partial charge in [-0.2, -0.15) is 0 Å². The summed E-state index contributed by atoms with van der Waals surface area (Å²) in [5.41, 5.74) is 0. The Morgan fingerprint density at radius 2 is 1.28 bits per heavy atom. The molecule has 0 aromatic carbocycles. The predicted molar refractivity (Wildman–Crippen MR) is 170 cm³/mol. The average Bonchev–Trinajstić information content (AvgIpc) is 3.00. The van der Waals surface area contributed by atoms with Gasteiger partial charge in [0.2, 0.25) is 5.91 Å². The summed E-state index contributed by atoms with van der Waals surface area (Å²) < 4.78 is 11.1. The summed E-state index contributed by atoms with van der Waals surface area (Å²) in [7, 11) is 0. The zero-order valence-electron chi connectivity index (χ0n) is 27.2. The maximum absolute atomic E-state index is 12.8. The van der Waals surface area contributed by atoms with Crippen molar-refractivity contribution in [1.82, 2.24) is 5.32 Å². The molecule has 0 aliphatic carbocycles. The number of carbonyl (C=O) groups excluding carboxylic acids is 1. The highest BCUT2D eigenvalue weighted by Gasteiger charge is 2.44. The Kier molecular flexibility index (Phi) is 24.3. The number of aliphatic hydroxyl groups is 5. The van der Waals surface area contributed by atoms with E-state index in [2.05, 4.69) is 19.2 Å². The van der Waals surface area contributed by atoms with Gasteiger partial charge in [0.15, 0.2) is 6.29 Å². The topological polar surface area (TPSA) is 149 Å². The quantitative estimate of drug-likeness (QED) is 0.0556. The lowest BCUT2D eigenvalue weighted by Crippen LogP contribution is -2.60. The average molecular weight is 616 g/mol. The van der Waals surface area contributed by atoms with Crippen LogP contribution in [0.2, 0.25) is 0 Å². The van der Waals surface area contributed by atoms with Crippen LogP contribution >= 0.6 is 0 Å². The van der Waals surface area contributed by atoms with Gasteiger partial charge < -0.3 is 40.3 Å². The van der Waals surface area contributed by atoms with Crippen LogP contribution in [0.4, 0.5) is 0 Å². The van der Waals surface area contributed by atoms with Gasteiger partial charge in [-0.1, -0.05) is 129 Å². The fourth-order valence-electron chi connectivity index (χ4n) is 5.45. The zero-order valence-corrected chi connectivity index (χ0v) is 27.2. The Morgan fingerprint density at radius 3 is 1.81 bits per heavy atom. The molecule has 0 bridgehead atoms. The molecule has 1 rings (SSSR count). The molecule has 1 saturated heterocycles. The molecule has 2 unspecified atom stereocenters. The third-order valence-corrected chi connectivity index (χ3v) is 8.36. The number of allylic oxidation sites excluding steroid dienone is 1. The van der Waals surface area contributed by atoms with Crippen LogP contribution in [0.15, 0.2) is 12.2 Å². The molecule has 254 valence electrons. The molecule has 0 aromatic heterocycles. The lowest BCUT2D eigenvalue weighted by atomic mass is 9.99. The minimum absolute atomic E-state index is 0.183. The van der Waals surface area contributed by atoms with E-state index in [1.807, 2.05) is 6.08 Å². The molecule has 9 heteroatoms. The highest BCUT2D eigenvalue weighted by atomic mass is 16.7. The van der Waals surface area contributed by atoms with E-state index in [0.29, 0.717) is 6.42 Å². The second-order valence-corrected chi connectivity index (χ2v) is 12.3. The highest BCUT2D eigenvalue weighted by Crippen LogP contribution is 2.22. The summed E-state index contributed by atoms with van der Waals surface area (Å²) in [5, 5.41) is 53.6. The van der Waals surface area contributed by atoms with Crippen molar-refractivity contribution in [2.24, 2.45) is 0 Å². The number of rotatable bonds is 27. The van der Waals surface area contributed by atoms with Crippen LogP contribution in [0.3, 0.4) is 0 Å². The molecule has 9 nitrogen and oxygen atoms in total. The van der Waals surface area contributed by atoms with Crippen LogP contribution in [0.5, 0.6) is 0 Å². The van der Waals surface area contributed by atoms with Gasteiger partial charge in [0.25, 0.3) is 0 Å². The Morgan fingerprint density at radius 1 is 0.767 bits per heavy atom. The molecule has 1 aliphatic heterocycles. The van der Waals surface area contributed by atoms with Crippen LogP contribution in [0.25, 0.3) is 0 Å². The summed E-state index contributed by atoms with van der Waals surface area (Å²) in [6.45, 7) is 3.69. The molecule has 6 N–H and O–H groups in total. The second kappa shape index (κ2) is 26.2. The number of unbranched alkanes of at least 4 members (excludes halogenated alkanes) is 17. The zero-order chi connectivity index (χ0) is 31.7. The highest BCUT2D eigenvalue weighted by molar-refractivity contribution is 5.76. The van der Waals surface area contributed by atoms with Crippen molar-refractivity contribution in [3.63, 3.8) is 0 Å². The van der Waals surface area contributed by atoms with Gasteiger partial charge in [-0.05, 0) is 19.3 Å². The van der Waals surface area contributed by atoms with Crippen molar-refractivity contribution in [3.05, 3.63) is 12.2 Å². The normalized spacial score (nSPS) is 23.9. The van der Waals surface area contributed by atoms with Crippen LogP contribution in [0, 0.1) is 0 Å². The van der Waals surface area contributed by atoms with E-state index in [4.69, 9.17) is 9.47 Å². The van der Waals surface area contributed by atoms with Crippen molar-refractivity contribution in [3.8, 4) is 0 Å². The van der Waals surface area contributed by atoms with E-state index in [0.717, 1.165) is 38.5 Å². The molecule has 1 amide bonds. The SMILES string of the molecule is CCCCCCCCC/C=C/[C@@H](O)[C@H](CO[C@@H]1O[C@H](CO)[C@H](O)C(O)C1O)NC(=O)CCCCCCCCCCCCC. The number of ether oxygens (including phenoxy) is 2. The minimum atomic E-state index is -1.56. The minimum Gasteiger partial charge on any atom is -0.394 e. The fraction of sp³-hybridized carbons (Fsp3) is 0.912. The number of hydrogen-bond acceptors (Lipinski definition) is 8. The monoisotopic (exact) mass is 615 g/mol. The van der Waals surface area contributed by atoms with Crippen molar-refractivity contribution < 1.29 is 39.8 Å². The summed E-state index contributed by atoms with van der Waals surface area (Å²) in [4.78, 5) is 12.8. The lowest BCUT2D eigenvalue weighted by Gasteiger charge is -2.40. The first-order chi connectivity index (χ1) is 20.8. The van der Waals surface area contributed by atoms with Crippen LogP contribution < -0.4 is 5.32 Å². The van der Waals surface area contributed by atoms with Crippen molar-refractivity contribution >= 4 is 5.91 Å². The molecule has 0 aromatic rings. The van der Waals surface area contributed by atoms with Gasteiger partial charge in [-0.3, -0.25) is 4.79 Å². The third kappa shape index (κ3) is 18.5. The molecule has 43 heavy (non-hydrogen) atoms. The number of hydrogen-bond donors (Lipinski definition) is 6. The number of aliphatic hydroxyl groups excluding tert-OH is 5. The number of carbonyl (C=O) groups is 1. The summed E-state index contributed by atoms with van der Waals surface area (Å²) in [5.74, 6) is -0.183. The van der Waals surface area contributed by atoms with E-state index in [-0.39, 0.29) is 12.5 Å². The van der Waals surface area contributed by atoms with Gasteiger partial charge in [0.1, 0.15) is 24.4 Å². The molecule has 1 fully saturated rings. The summed E-state index contributed by atoms with van der Waals surface area (Å²) >= 11 is 0. The van der Waals surface area contributed by atoms with Crippen molar-refractivity contribution in [2.45, 2.75) is 185 Å². The van der Waals surface area contributed by atoms with Gasteiger partial charge in [0, 0.05) is 6.42 Å². The maximum Gasteiger partial charge on any atom is 0.220 e. The van der Waals surface area contributed by atoms with Gasteiger partial charge >= 0.3 is 0 Å². The maximum atomic E-state index is 12.8. The second-order valence-electron chi connectivity index (χ2n) is 12.3. The standard InChI is InChI=1S/C34H65NO8/c1-3-5-7-9-11-13-14-16-18-20-22-24-30(38)35-27(28(37)23-21-19-17-15-12-10-8-6-4-2)26-42-34-33(41)32(40)31(39)29(25-36)43-34/h21,23,27-29,31-34,36-37,39-41H,3-20,22,24-26H2,1-2H3,(H,35,38)/b23-21+/t27-,28+,29+,31-,32?,33?,34+/m0/s1. The molecule has 7 atom stereocenters. The van der Waals surface area contributed by atoms with Crippen LogP contribution in [-0.4, -0.2) is 87.5 Å². The van der Waals surface area contributed by atoms with E-state index in [1.54, 1.807) is 6.08 Å². The Balaban J connectivity index is 2.51. The lowest BCUT2D eigenvalue weighted by molar-refractivity contribution is -0.302. The van der Waals surface area contributed by atoms with E-state index >= 15 is 0 Å². The van der Waals surface area contributed by atoms with Crippen LogP contribution in [0.1, 0.15) is 142 Å². The molecule has 0 saturated carbocycles. The Bertz CT molecular complexity index is 691. The molecule has 0 radical (unpaired) electrons. The van der Waals surface area contributed by atoms with Gasteiger partial charge in [-0.25, -0.2) is 0 Å². The van der Waals surface area contributed by atoms with Crippen molar-refractivity contribution in [1.29, 1.82) is 0 Å². The number of nitrogens with one attached hydrogen (secondary N) is 1. The first kappa shape index (κ1) is 40.0. The first-order valence-electron chi connectivity index (χ1n) is 17.4. The Labute approximate surface area is 261 Å². The van der Waals surface area contributed by atoms with E-state index in [1.165, 1.54) is 83.5 Å². The smallest absolute Gasteiger partial charge is 0.220 e. The first-order valence-corrected chi connectivity index (χ1v) is 17.4. The molecule has 0 spiro atoms. The molecule has 1 heterocycles. The van der Waals surface area contributed by atoms with E-state index in [9.17, 15) is 30.3 Å². The third-order valence-electron chi connectivity index (χ3n) is 8.36. The predicted octanol–water partition coefficient (Wildman–Crippen LogP) is 5.05. The van der Waals surface area contributed by atoms with Gasteiger partial charge in [-0.15, -0.1) is 0 Å². The molecule has 1 aliphatic rings. The van der Waals surface area contributed by atoms with E-state index < -0.39 is 49.5 Å².